The van der Waals surface area contributed by atoms with Crippen LogP contribution in [0, 0.1) is 3.57 Å². The zero-order valence-corrected chi connectivity index (χ0v) is 9.57. The summed E-state index contributed by atoms with van der Waals surface area (Å²) in [6.45, 7) is 0.220. The van der Waals surface area contributed by atoms with Gasteiger partial charge in [-0.05, 0) is 53.1 Å². The fraction of sp³-hybridized carbons (Fsp3) is 0.400. The number of aliphatic hydroxyl groups excluding tert-OH is 1. The molecule has 0 heterocycles. The van der Waals surface area contributed by atoms with E-state index in [0.29, 0.717) is 0 Å². The van der Waals surface area contributed by atoms with Crippen molar-refractivity contribution in [3.05, 3.63) is 33.4 Å². The number of benzene rings is 1. The number of nitrogens with two attached hydrogens (primary N) is 1. The van der Waals surface area contributed by atoms with E-state index in [0.717, 1.165) is 18.4 Å². The van der Waals surface area contributed by atoms with Gasteiger partial charge in [0.05, 0.1) is 0 Å². The van der Waals surface area contributed by atoms with Crippen LogP contribution in [-0.2, 0) is 0 Å². The summed E-state index contributed by atoms with van der Waals surface area (Å²) in [5.41, 5.74) is 7.06. The maximum atomic E-state index is 8.65. The van der Waals surface area contributed by atoms with Crippen molar-refractivity contribution in [3.8, 4) is 0 Å². The van der Waals surface area contributed by atoms with E-state index in [1.165, 1.54) is 3.57 Å². The van der Waals surface area contributed by atoms with E-state index in [9.17, 15) is 0 Å². The molecular formula is C10H14INO. The van der Waals surface area contributed by atoms with Crippen molar-refractivity contribution >= 4 is 22.6 Å². The minimum atomic E-state index is 0.0594. The number of hydrogen-bond donors (Lipinski definition) is 2. The van der Waals surface area contributed by atoms with Crippen LogP contribution in [0.3, 0.4) is 0 Å². The van der Waals surface area contributed by atoms with Crippen LogP contribution < -0.4 is 5.73 Å². The summed E-state index contributed by atoms with van der Waals surface area (Å²) < 4.78 is 1.22. The van der Waals surface area contributed by atoms with Crippen molar-refractivity contribution in [1.29, 1.82) is 0 Å². The fourth-order valence-corrected chi connectivity index (χ4v) is 1.55. The van der Waals surface area contributed by atoms with Crippen LogP contribution in [-0.4, -0.2) is 11.7 Å². The van der Waals surface area contributed by atoms with Crippen LogP contribution in [0.2, 0.25) is 0 Å². The zero-order chi connectivity index (χ0) is 9.68. The molecule has 0 radical (unpaired) electrons. The van der Waals surface area contributed by atoms with Gasteiger partial charge in [0.1, 0.15) is 0 Å². The Bertz CT molecular complexity index is 248. The van der Waals surface area contributed by atoms with Crippen molar-refractivity contribution in [2.24, 2.45) is 5.73 Å². The van der Waals surface area contributed by atoms with Crippen LogP contribution in [0.5, 0.6) is 0 Å². The highest BCUT2D eigenvalue weighted by Gasteiger charge is 2.04. The molecule has 1 atom stereocenters. The second kappa shape index (κ2) is 5.57. The highest BCUT2D eigenvalue weighted by molar-refractivity contribution is 14.1. The first-order valence-corrected chi connectivity index (χ1v) is 5.44. The average Bonchev–Trinajstić information content (AvgIpc) is 2.15. The Morgan fingerprint density at radius 1 is 1.31 bits per heavy atom. The molecule has 3 heteroatoms. The van der Waals surface area contributed by atoms with Crippen LogP contribution >= 0.6 is 22.6 Å². The first-order valence-electron chi connectivity index (χ1n) is 4.36. The van der Waals surface area contributed by atoms with Gasteiger partial charge in [-0.15, -0.1) is 0 Å². The molecule has 13 heavy (non-hydrogen) atoms. The summed E-state index contributed by atoms with van der Waals surface area (Å²) in [5.74, 6) is 0. The van der Waals surface area contributed by atoms with Crippen LogP contribution in [0.25, 0.3) is 0 Å². The predicted molar refractivity (Wildman–Crippen MR) is 62.4 cm³/mol. The zero-order valence-electron chi connectivity index (χ0n) is 7.41. The minimum Gasteiger partial charge on any atom is -0.396 e. The fourth-order valence-electron chi connectivity index (χ4n) is 1.19. The maximum Gasteiger partial charge on any atom is 0.0431 e. The third kappa shape index (κ3) is 3.62. The lowest BCUT2D eigenvalue weighted by Gasteiger charge is -2.10. The van der Waals surface area contributed by atoms with Gasteiger partial charge in [0.15, 0.2) is 0 Å². The number of rotatable bonds is 4. The Hall–Kier alpha value is -0.130. The molecule has 0 unspecified atom stereocenters. The molecule has 0 spiro atoms. The molecule has 0 aromatic heterocycles. The second-order valence-electron chi connectivity index (χ2n) is 3.02. The van der Waals surface area contributed by atoms with E-state index in [1.807, 2.05) is 12.1 Å². The highest BCUT2D eigenvalue weighted by atomic mass is 127. The third-order valence-electron chi connectivity index (χ3n) is 1.97. The van der Waals surface area contributed by atoms with E-state index in [4.69, 9.17) is 10.8 Å². The molecule has 0 aliphatic rings. The molecule has 2 nitrogen and oxygen atoms in total. The van der Waals surface area contributed by atoms with E-state index in [1.54, 1.807) is 0 Å². The van der Waals surface area contributed by atoms with Gasteiger partial charge in [0, 0.05) is 16.2 Å². The molecule has 0 fully saturated rings. The lowest BCUT2D eigenvalue weighted by atomic mass is 10.0. The molecule has 0 aliphatic heterocycles. The van der Waals surface area contributed by atoms with Gasteiger partial charge in [0.2, 0.25) is 0 Å². The van der Waals surface area contributed by atoms with Gasteiger partial charge < -0.3 is 10.8 Å². The lowest BCUT2D eigenvalue weighted by Crippen LogP contribution is -2.10. The first-order chi connectivity index (χ1) is 6.24. The predicted octanol–water partition coefficient (Wildman–Crippen LogP) is 2.06. The molecule has 3 N–H and O–H groups in total. The monoisotopic (exact) mass is 291 g/mol. The van der Waals surface area contributed by atoms with Crippen LogP contribution in [0.15, 0.2) is 24.3 Å². The average molecular weight is 291 g/mol. The van der Waals surface area contributed by atoms with Gasteiger partial charge in [-0.25, -0.2) is 0 Å². The maximum absolute atomic E-state index is 8.65. The van der Waals surface area contributed by atoms with Gasteiger partial charge in [0.25, 0.3) is 0 Å². The topological polar surface area (TPSA) is 46.2 Å². The second-order valence-corrected chi connectivity index (χ2v) is 4.27. The third-order valence-corrected chi connectivity index (χ3v) is 2.69. The Morgan fingerprint density at radius 3 is 2.46 bits per heavy atom. The molecule has 0 saturated heterocycles. The molecular weight excluding hydrogens is 277 g/mol. The number of halogens is 1. The normalized spacial score (nSPS) is 12.8. The molecule has 1 aromatic rings. The molecule has 0 saturated carbocycles. The van der Waals surface area contributed by atoms with Gasteiger partial charge in [-0.2, -0.15) is 0 Å². The Balaban J connectivity index is 2.55. The van der Waals surface area contributed by atoms with Gasteiger partial charge >= 0.3 is 0 Å². The quantitative estimate of drug-likeness (QED) is 0.834. The SMILES string of the molecule is N[C@@H](CCCO)c1ccc(I)cc1. The highest BCUT2D eigenvalue weighted by Crippen LogP contribution is 2.16. The molecule has 72 valence electrons. The molecule has 1 aromatic carbocycles. The summed E-state index contributed by atoms with van der Waals surface area (Å²) in [4.78, 5) is 0. The number of aliphatic hydroxyl groups is 1. The van der Waals surface area contributed by atoms with Crippen LogP contribution in [0.4, 0.5) is 0 Å². The van der Waals surface area contributed by atoms with Gasteiger partial charge in [-0.3, -0.25) is 0 Å². The first kappa shape index (κ1) is 10.9. The Labute approximate surface area is 92.3 Å². The largest absolute Gasteiger partial charge is 0.396 e. The lowest BCUT2D eigenvalue weighted by molar-refractivity contribution is 0.280. The van der Waals surface area contributed by atoms with E-state index in [2.05, 4.69) is 34.7 Å². The Morgan fingerprint density at radius 2 is 1.92 bits per heavy atom. The van der Waals surface area contributed by atoms with Crippen molar-refractivity contribution in [1.82, 2.24) is 0 Å². The summed E-state index contributed by atoms with van der Waals surface area (Å²) in [6, 6.07) is 8.25. The summed E-state index contributed by atoms with van der Waals surface area (Å²) in [5, 5.41) is 8.65. The summed E-state index contributed by atoms with van der Waals surface area (Å²) in [7, 11) is 0. The summed E-state index contributed by atoms with van der Waals surface area (Å²) >= 11 is 2.27. The van der Waals surface area contributed by atoms with Crippen LogP contribution in [0.1, 0.15) is 24.4 Å². The van der Waals surface area contributed by atoms with Gasteiger partial charge in [-0.1, -0.05) is 12.1 Å². The molecule has 0 bridgehead atoms. The van der Waals surface area contributed by atoms with Crippen molar-refractivity contribution in [2.45, 2.75) is 18.9 Å². The molecule has 0 aliphatic carbocycles. The minimum absolute atomic E-state index is 0.0594. The van der Waals surface area contributed by atoms with Crippen molar-refractivity contribution in [2.75, 3.05) is 6.61 Å². The number of hydrogen-bond acceptors (Lipinski definition) is 2. The van der Waals surface area contributed by atoms with E-state index >= 15 is 0 Å². The van der Waals surface area contributed by atoms with Crippen molar-refractivity contribution in [3.63, 3.8) is 0 Å². The molecule has 0 amide bonds. The smallest absolute Gasteiger partial charge is 0.0431 e. The summed E-state index contributed by atoms with van der Waals surface area (Å²) in [6.07, 6.45) is 1.62. The standard InChI is InChI=1S/C10H14INO/c11-9-5-3-8(4-6-9)10(12)2-1-7-13/h3-6,10,13H,1-2,7,12H2/t10-/m0/s1. The Kier molecular flexibility index (Phi) is 4.69. The van der Waals surface area contributed by atoms with Crippen molar-refractivity contribution < 1.29 is 5.11 Å². The molecule has 1 rings (SSSR count). The van der Waals surface area contributed by atoms with E-state index < -0.39 is 0 Å². The van der Waals surface area contributed by atoms with E-state index in [-0.39, 0.29) is 12.6 Å².